The van der Waals surface area contributed by atoms with E-state index in [1.807, 2.05) is 26.0 Å². The minimum Gasteiger partial charge on any atom is -0.393 e. The lowest BCUT2D eigenvalue weighted by Gasteiger charge is -2.28. The molecule has 5 nitrogen and oxygen atoms in total. The number of pyridine rings is 1. The maximum absolute atomic E-state index is 12.0. The number of aliphatic hydroxyl groups is 1. The number of aliphatic hydroxyl groups excluding tert-OH is 1. The fourth-order valence-electron chi connectivity index (χ4n) is 2.16. The van der Waals surface area contributed by atoms with E-state index in [2.05, 4.69) is 10.3 Å². The van der Waals surface area contributed by atoms with Crippen molar-refractivity contribution in [1.29, 1.82) is 0 Å². The summed E-state index contributed by atoms with van der Waals surface area (Å²) in [5.74, 6) is 0. The van der Waals surface area contributed by atoms with Crippen molar-refractivity contribution in [2.45, 2.75) is 39.8 Å². The summed E-state index contributed by atoms with van der Waals surface area (Å²) in [5.41, 5.74) is 0.919. The summed E-state index contributed by atoms with van der Waals surface area (Å²) in [7, 11) is 1.76. The van der Waals surface area contributed by atoms with E-state index in [1.54, 1.807) is 31.3 Å². The Morgan fingerprint density at radius 3 is 2.60 bits per heavy atom. The summed E-state index contributed by atoms with van der Waals surface area (Å²) >= 11 is 0. The molecular formula is C15H25N3O2. The molecule has 0 radical (unpaired) electrons. The van der Waals surface area contributed by atoms with Gasteiger partial charge in [-0.1, -0.05) is 13.8 Å². The van der Waals surface area contributed by atoms with Crippen LogP contribution in [0.5, 0.6) is 0 Å². The number of nitrogens with one attached hydrogen (secondary N) is 1. The minimum absolute atomic E-state index is 0.111. The van der Waals surface area contributed by atoms with E-state index < -0.39 is 0 Å². The van der Waals surface area contributed by atoms with Gasteiger partial charge in [-0.2, -0.15) is 0 Å². The third kappa shape index (κ3) is 6.02. The lowest BCUT2D eigenvalue weighted by atomic mass is 9.87. The highest BCUT2D eigenvalue weighted by Gasteiger charge is 2.21. The third-order valence-corrected chi connectivity index (χ3v) is 3.08. The molecule has 0 saturated heterocycles. The van der Waals surface area contributed by atoms with E-state index in [9.17, 15) is 9.90 Å². The van der Waals surface area contributed by atoms with Gasteiger partial charge in [0, 0.05) is 32.5 Å². The topological polar surface area (TPSA) is 65.5 Å². The number of amides is 2. The van der Waals surface area contributed by atoms with Crippen LogP contribution in [-0.4, -0.2) is 40.7 Å². The standard InChI is InChI=1S/C15H25N3O2/c1-12(19)9-15(2,3)11-17-14(20)18(4)10-13-5-7-16-8-6-13/h5-8,12,19H,9-11H2,1-4H3,(H,17,20). The van der Waals surface area contributed by atoms with Gasteiger partial charge < -0.3 is 15.3 Å². The second-order valence-corrected chi connectivity index (χ2v) is 6.09. The number of hydrogen-bond donors (Lipinski definition) is 2. The number of urea groups is 1. The first kappa shape index (κ1) is 16.4. The third-order valence-electron chi connectivity index (χ3n) is 3.08. The Morgan fingerprint density at radius 2 is 2.05 bits per heavy atom. The van der Waals surface area contributed by atoms with Gasteiger partial charge in [-0.25, -0.2) is 4.79 Å². The SMILES string of the molecule is CC(O)CC(C)(C)CNC(=O)N(C)Cc1ccncc1. The van der Waals surface area contributed by atoms with Crippen LogP contribution in [0, 0.1) is 5.41 Å². The highest BCUT2D eigenvalue weighted by Crippen LogP contribution is 2.21. The number of rotatable bonds is 6. The Balaban J connectivity index is 2.42. The second kappa shape index (κ2) is 7.24. The van der Waals surface area contributed by atoms with Gasteiger partial charge in [0.25, 0.3) is 0 Å². The zero-order valence-electron chi connectivity index (χ0n) is 12.8. The number of hydrogen-bond acceptors (Lipinski definition) is 3. The van der Waals surface area contributed by atoms with Crippen LogP contribution in [-0.2, 0) is 6.54 Å². The summed E-state index contributed by atoms with van der Waals surface area (Å²) < 4.78 is 0. The Morgan fingerprint density at radius 1 is 1.45 bits per heavy atom. The molecule has 20 heavy (non-hydrogen) atoms. The molecule has 0 aliphatic carbocycles. The van der Waals surface area contributed by atoms with Crippen molar-refractivity contribution in [1.82, 2.24) is 15.2 Å². The number of carbonyl (C=O) groups excluding carboxylic acids is 1. The van der Waals surface area contributed by atoms with Gasteiger partial charge >= 0.3 is 6.03 Å². The van der Waals surface area contributed by atoms with Gasteiger partial charge in [0.15, 0.2) is 0 Å². The molecule has 0 fully saturated rings. The lowest BCUT2D eigenvalue weighted by molar-refractivity contribution is 0.127. The number of aromatic nitrogens is 1. The summed E-state index contributed by atoms with van der Waals surface area (Å²) in [5, 5.41) is 12.3. The normalized spacial score (nSPS) is 12.8. The van der Waals surface area contributed by atoms with Gasteiger partial charge in [-0.05, 0) is 36.5 Å². The van der Waals surface area contributed by atoms with E-state index in [1.165, 1.54) is 0 Å². The highest BCUT2D eigenvalue weighted by molar-refractivity contribution is 5.73. The fourth-order valence-corrected chi connectivity index (χ4v) is 2.16. The largest absolute Gasteiger partial charge is 0.393 e. The average Bonchev–Trinajstić information content (AvgIpc) is 2.35. The summed E-state index contributed by atoms with van der Waals surface area (Å²) in [6.45, 7) is 6.91. The van der Waals surface area contributed by atoms with E-state index in [4.69, 9.17) is 0 Å². The Hall–Kier alpha value is -1.62. The zero-order chi connectivity index (χ0) is 15.2. The summed E-state index contributed by atoms with van der Waals surface area (Å²) in [4.78, 5) is 17.6. The van der Waals surface area contributed by atoms with Gasteiger partial charge in [0.2, 0.25) is 0 Å². The summed E-state index contributed by atoms with van der Waals surface area (Å²) in [6, 6.07) is 3.67. The van der Waals surface area contributed by atoms with Crippen LogP contribution in [0.4, 0.5) is 4.79 Å². The Kier molecular flexibility index (Phi) is 5.95. The predicted molar refractivity (Wildman–Crippen MR) is 79.2 cm³/mol. The van der Waals surface area contributed by atoms with Crippen molar-refractivity contribution < 1.29 is 9.90 Å². The summed E-state index contributed by atoms with van der Waals surface area (Å²) in [6.07, 6.45) is 3.72. The van der Waals surface area contributed by atoms with E-state index in [-0.39, 0.29) is 17.6 Å². The molecule has 1 unspecified atom stereocenters. The molecule has 0 bridgehead atoms. The quantitative estimate of drug-likeness (QED) is 0.837. The minimum atomic E-state index is -0.364. The molecule has 1 aromatic heterocycles. The van der Waals surface area contributed by atoms with Gasteiger partial charge in [-0.15, -0.1) is 0 Å². The first-order valence-electron chi connectivity index (χ1n) is 6.86. The first-order chi connectivity index (χ1) is 9.30. The molecular weight excluding hydrogens is 254 g/mol. The molecule has 0 aromatic carbocycles. The van der Waals surface area contributed by atoms with Crippen LogP contribution >= 0.6 is 0 Å². The highest BCUT2D eigenvalue weighted by atomic mass is 16.3. The molecule has 0 saturated carbocycles. The van der Waals surface area contributed by atoms with Gasteiger partial charge in [0.1, 0.15) is 0 Å². The van der Waals surface area contributed by atoms with Gasteiger partial charge in [0.05, 0.1) is 6.10 Å². The molecule has 5 heteroatoms. The molecule has 1 heterocycles. The van der Waals surface area contributed by atoms with E-state index in [0.29, 0.717) is 19.5 Å². The molecule has 2 amide bonds. The molecule has 1 aromatic rings. The zero-order valence-corrected chi connectivity index (χ0v) is 12.8. The molecule has 1 atom stereocenters. The Labute approximate surface area is 121 Å². The van der Waals surface area contributed by atoms with E-state index in [0.717, 1.165) is 5.56 Å². The monoisotopic (exact) mass is 279 g/mol. The van der Waals surface area contributed by atoms with Crippen LogP contribution in [0.25, 0.3) is 0 Å². The van der Waals surface area contributed by atoms with Gasteiger partial charge in [-0.3, -0.25) is 4.98 Å². The average molecular weight is 279 g/mol. The van der Waals surface area contributed by atoms with Crippen molar-refractivity contribution in [3.63, 3.8) is 0 Å². The van der Waals surface area contributed by atoms with Crippen LogP contribution in [0.1, 0.15) is 32.8 Å². The van der Waals surface area contributed by atoms with E-state index >= 15 is 0 Å². The number of nitrogens with zero attached hydrogens (tertiary/aromatic N) is 2. The van der Waals surface area contributed by atoms with Crippen LogP contribution in [0.3, 0.4) is 0 Å². The van der Waals surface area contributed by atoms with Crippen LogP contribution in [0.15, 0.2) is 24.5 Å². The maximum atomic E-state index is 12.0. The molecule has 1 rings (SSSR count). The fraction of sp³-hybridized carbons (Fsp3) is 0.600. The molecule has 0 spiro atoms. The van der Waals surface area contributed by atoms with Crippen molar-refractivity contribution in [3.8, 4) is 0 Å². The molecule has 2 N–H and O–H groups in total. The molecule has 112 valence electrons. The molecule has 0 aliphatic rings. The maximum Gasteiger partial charge on any atom is 0.317 e. The lowest BCUT2D eigenvalue weighted by Crippen LogP contribution is -2.42. The molecule has 0 aliphatic heterocycles. The Bertz CT molecular complexity index is 418. The van der Waals surface area contributed by atoms with Crippen molar-refractivity contribution in [2.75, 3.05) is 13.6 Å². The predicted octanol–water partition coefficient (Wildman–Crippen LogP) is 2.02. The van der Waals surface area contributed by atoms with Crippen LogP contribution < -0.4 is 5.32 Å². The van der Waals surface area contributed by atoms with Crippen molar-refractivity contribution in [3.05, 3.63) is 30.1 Å². The van der Waals surface area contributed by atoms with Crippen LogP contribution in [0.2, 0.25) is 0 Å². The van der Waals surface area contributed by atoms with Crippen molar-refractivity contribution in [2.24, 2.45) is 5.41 Å². The second-order valence-electron chi connectivity index (χ2n) is 6.09. The number of carbonyl (C=O) groups is 1. The smallest absolute Gasteiger partial charge is 0.317 e. The first-order valence-corrected chi connectivity index (χ1v) is 6.86. The van der Waals surface area contributed by atoms with Crippen molar-refractivity contribution >= 4 is 6.03 Å².